The lowest BCUT2D eigenvalue weighted by atomic mass is 10.00. The number of aliphatic imine (C=N–C) groups is 1. The predicted molar refractivity (Wildman–Crippen MR) is 114 cm³/mol. The Hall–Kier alpha value is -1.23. The summed E-state index contributed by atoms with van der Waals surface area (Å²) in [4.78, 5) is 7.13. The van der Waals surface area contributed by atoms with Crippen LogP contribution in [0.4, 0.5) is 0 Å². The second-order valence-corrected chi connectivity index (χ2v) is 7.76. The normalized spacial score (nSPS) is 16.4. The lowest BCUT2D eigenvalue weighted by Gasteiger charge is -2.28. The minimum atomic E-state index is -0.707. The first kappa shape index (κ1) is 20.1. The highest BCUT2D eigenvalue weighted by molar-refractivity contribution is 7.81. The zero-order valence-electron chi connectivity index (χ0n) is 15.2. The van der Waals surface area contributed by atoms with Crippen LogP contribution in [0.3, 0.4) is 0 Å². The molecule has 2 atom stereocenters. The van der Waals surface area contributed by atoms with E-state index in [4.69, 9.17) is 11.6 Å². The second kappa shape index (κ2) is 9.46. The first-order valence-corrected chi connectivity index (χ1v) is 9.70. The van der Waals surface area contributed by atoms with Gasteiger partial charge in [-0.3, -0.25) is 5.32 Å². The van der Waals surface area contributed by atoms with Gasteiger partial charge in [0.15, 0.2) is 4.99 Å². The van der Waals surface area contributed by atoms with Gasteiger partial charge in [0, 0.05) is 23.1 Å². The molecule has 0 bridgehead atoms. The predicted octanol–water partition coefficient (Wildman–Crippen LogP) is 5.68. The summed E-state index contributed by atoms with van der Waals surface area (Å²) in [6.45, 7) is 6.07. The van der Waals surface area contributed by atoms with E-state index in [0.29, 0.717) is 5.17 Å². The number of unbranched alkanes of at least 4 members (excludes halogenated alkanes) is 1. The highest BCUT2D eigenvalue weighted by Gasteiger charge is 2.23. The molecule has 1 aromatic carbocycles. The van der Waals surface area contributed by atoms with Crippen LogP contribution in [0.25, 0.3) is 10.9 Å². The van der Waals surface area contributed by atoms with Crippen LogP contribution in [-0.4, -0.2) is 21.2 Å². The molecular weight excluding hydrogens is 350 g/mol. The molecule has 0 spiro atoms. The summed E-state index contributed by atoms with van der Waals surface area (Å²) in [7, 11) is 0. The van der Waals surface area contributed by atoms with Crippen molar-refractivity contribution < 1.29 is 0 Å². The Morgan fingerprint density at radius 3 is 2.92 bits per heavy atom. The average molecular weight is 378 g/mol. The lowest BCUT2D eigenvalue weighted by Crippen LogP contribution is -2.44. The second-order valence-electron chi connectivity index (χ2n) is 6.50. The number of nitrogens with one attached hydrogen (secondary N) is 2. The van der Waals surface area contributed by atoms with Crippen LogP contribution in [0.5, 0.6) is 0 Å². The molecule has 0 radical (unpaired) electrons. The van der Waals surface area contributed by atoms with Gasteiger partial charge >= 0.3 is 0 Å². The molecule has 0 saturated carbocycles. The molecule has 5 heteroatoms. The number of halogens is 1. The summed E-state index contributed by atoms with van der Waals surface area (Å²) >= 11 is 10.8. The van der Waals surface area contributed by atoms with Gasteiger partial charge in [0.2, 0.25) is 0 Å². The summed E-state index contributed by atoms with van der Waals surface area (Å²) < 4.78 is 0. The van der Waals surface area contributed by atoms with Crippen molar-refractivity contribution >= 4 is 40.3 Å². The van der Waals surface area contributed by atoms with Crippen molar-refractivity contribution in [3.8, 4) is 0 Å². The number of fused-ring (bicyclic) bond motifs is 1. The number of aromatic amines is 1. The molecule has 0 aliphatic carbocycles. The van der Waals surface area contributed by atoms with E-state index in [2.05, 4.69) is 65.3 Å². The number of aromatic nitrogens is 1. The fraction of sp³-hybridized carbons (Fsp3) is 0.450. The Labute approximate surface area is 161 Å². The maximum Gasteiger partial charge on any atom is 0.154 e. The Bertz CT molecular complexity index is 733. The van der Waals surface area contributed by atoms with Crippen LogP contribution in [0, 0.1) is 0 Å². The lowest BCUT2D eigenvalue weighted by molar-refractivity contribution is 0.396. The molecule has 0 fully saturated rings. The van der Waals surface area contributed by atoms with Crippen LogP contribution < -0.4 is 5.32 Å². The Balaban J connectivity index is 2.16. The van der Waals surface area contributed by atoms with E-state index in [0.717, 1.165) is 25.7 Å². The average Bonchev–Trinajstić information content (AvgIpc) is 2.95. The minimum Gasteiger partial charge on any atom is -0.361 e. The van der Waals surface area contributed by atoms with Crippen LogP contribution in [0.2, 0.25) is 0 Å². The van der Waals surface area contributed by atoms with Crippen molar-refractivity contribution in [2.75, 3.05) is 0 Å². The van der Waals surface area contributed by atoms with E-state index in [-0.39, 0.29) is 6.04 Å². The van der Waals surface area contributed by atoms with Crippen molar-refractivity contribution in [1.82, 2.24) is 10.3 Å². The summed E-state index contributed by atoms with van der Waals surface area (Å²) in [6.07, 6.45) is 10.1. The number of benzene rings is 1. The van der Waals surface area contributed by atoms with Gasteiger partial charge in [-0.2, -0.15) is 0 Å². The zero-order chi connectivity index (χ0) is 18.3. The Kier molecular flexibility index (Phi) is 7.60. The molecule has 25 heavy (non-hydrogen) atoms. The van der Waals surface area contributed by atoms with Crippen molar-refractivity contribution in [2.45, 2.75) is 57.5 Å². The van der Waals surface area contributed by atoms with Crippen molar-refractivity contribution in [1.29, 1.82) is 0 Å². The van der Waals surface area contributed by atoms with Gasteiger partial charge in [-0.05, 0) is 44.4 Å². The number of allylic oxidation sites excluding steroid dienone is 2. The molecular formula is C20H28ClN3S. The number of nitrogens with zero attached hydrogens (tertiary/aromatic N) is 1. The molecule has 0 aliphatic heterocycles. The smallest absolute Gasteiger partial charge is 0.154 e. The number of rotatable bonds is 9. The van der Waals surface area contributed by atoms with Crippen molar-refractivity contribution in [2.24, 2.45) is 4.99 Å². The molecule has 136 valence electrons. The zero-order valence-corrected chi connectivity index (χ0v) is 16.9. The van der Waals surface area contributed by atoms with Gasteiger partial charge in [-0.25, -0.2) is 4.99 Å². The summed E-state index contributed by atoms with van der Waals surface area (Å²) in [5.41, 5.74) is 2.49. The first-order valence-electron chi connectivity index (χ1n) is 8.88. The van der Waals surface area contributed by atoms with Gasteiger partial charge in [-0.15, -0.1) is 12.6 Å². The largest absolute Gasteiger partial charge is 0.361 e. The maximum absolute atomic E-state index is 6.14. The standard InChI is InChI=1S/C20H28ClN3S/c1-4-6-10-16(23-20(3,25)24-19(21)9-5-2)13-15-14-22-18-12-8-7-11-17(15)18/h5,7-9,11-12,14,16,22-23,25H,4,6,10,13H2,1-3H3/b9-5-,24-19+. The molecule has 2 N–H and O–H groups in total. The Morgan fingerprint density at radius 1 is 1.44 bits per heavy atom. The van der Waals surface area contributed by atoms with Crippen LogP contribution in [0.15, 0.2) is 47.6 Å². The van der Waals surface area contributed by atoms with E-state index < -0.39 is 4.99 Å². The third-order valence-corrected chi connectivity index (χ3v) is 4.59. The molecule has 2 aromatic rings. The highest BCUT2D eigenvalue weighted by Crippen LogP contribution is 2.23. The molecule has 1 heterocycles. The molecule has 3 nitrogen and oxygen atoms in total. The van der Waals surface area contributed by atoms with Gasteiger partial charge in [0.05, 0.1) is 0 Å². The topological polar surface area (TPSA) is 40.2 Å². The van der Waals surface area contributed by atoms with Crippen molar-refractivity contribution in [3.63, 3.8) is 0 Å². The maximum atomic E-state index is 6.14. The molecule has 2 rings (SSSR count). The molecule has 0 aliphatic rings. The first-order chi connectivity index (χ1) is 11.9. The van der Waals surface area contributed by atoms with Crippen LogP contribution in [0.1, 0.15) is 45.6 Å². The number of hydrogen-bond acceptors (Lipinski definition) is 3. The third-order valence-electron chi connectivity index (χ3n) is 4.15. The van der Waals surface area contributed by atoms with E-state index in [9.17, 15) is 0 Å². The monoisotopic (exact) mass is 377 g/mol. The highest BCUT2D eigenvalue weighted by atomic mass is 35.5. The van der Waals surface area contributed by atoms with E-state index in [1.54, 1.807) is 6.08 Å². The van der Waals surface area contributed by atoms with Gasteiger partial charge in [-0.1, -0.05) is 55.6 Å². The number of thiol groups is 1. The van der Waals surface area contributed by atoms with Gasteiger partial charge in [0.25, 0.3) is 0 Å². The summed E-state index contributed by atoms with van der Waals surface area (Å²) in [5, 5.41) is 5.30. The van der Waals surface area contributed by atoms with Crippen molar-refractivity contribution in [3.05, 3.63) is 48.2 Å². The third kappa shape index (κ3) is 6.21. The molecule has 1 aromatic heterocycles. The number of para-hydroxylation sites is 1. The van der Waals surface area contributed by atoms with Crippen LogP contribution in [-0.2, 0) is 6.42 Å². The van der Waals surface area contributed by atoms with E-state index >= 15 is 0 Å². The molecule has 2 unspecified atom stereocenters. The SMILES string of the molecule is C/C=C\C(Cl)=N/C(C)(S)NC(CCCC)Cc1c[nH]c2ccccc12. The fourth-order valence-electron chi connectivity index (χ4n) is 3.04. The molecule has 0 amide bonds. The molecule has 0 saturated heterocycles. The Morgan fingerprint density at radius 2 is 2.20 bits per heavy atom. The van der Waals surface area contributed by atoms with Crippen LogP contribution >= 0.6 is 24.2 Å². The number of hydrogen-bond donors (Lipinski definition) is 3. The van der Waals surface area contributed by atoms with Gasteiger partial charge in [0.1, 0.15) is 5.17 Å². The van der Waals surface area contributed by atoms with E-state index in [1.165, 1.54) is 16.5 Å². The van der Waals surface area contributed by atoms with E-state index in [1.807, 2.05) is 19.9 Å². The minimum absolute atomic E-state index is 0.278. The number of H-pyrrole nitrogens is 1. The van der Waals surface area contributed by atoms with Gasteiger partial charge < -0.3 is 4.98 Å². The summed E-state index contributed by atoms with van der Waals surface area (Å²) in [6, 6.07) is 8.69. The quantitative estimate of drug-likeness (QED) is 0.294. The summed E-state index contributed by atoms with van der Waals surface area (Å²) in [5.74, 6) is 0. The fourth-order valence-corrected chi connectivity index (χ4v) is 3.69.